The van der Waals surface area contributed by atoms with E-state index >= 15 is 0 Å². The van der Waals surface area contributed by atoms with Gasteiger partial charge in [0, 0.05) is 24.5 Å². The van der Waals surface area contributed by atoms with E-state index in [-0.39, 0.29) is 5.03 Å². The Balaban J connectivity index is 1.72. The van der Waals surface area contributed by atoms with E-state index in [1.807, 2.05) is 12.1 Å². The maximum atomic E-state index is 12.0. The highest BCUT2D eigenvalue weighted by Gasteiger charge is 2.16. The van der Waals surface area contributed by atoms with Crippen LogP contribution in [0.3, 0.4) is 0 Å². The quantitative estimate of drug-likeness (QED) is 0.881. The summed E-state index contributed by atoms with van der Waals surface area (Å²) in [5, 5.41) is 0.0414. The molecule has 1 aliphatic heterocycles. The van der Waals surface area contributed by atoms with E-state index in [0.29, 0.717) is 18.9 Å². The highest BCUT2D eigenvalue weighted by molar-refractivity contribution is 7.92. The van der Waals surface area contributed by atoms with E-state index < -0.39 is 10.0 Å². The Hall–Kier alpha value is -2.06. The van der Waals surface area contributed by atoms with E-state index in [0.717, 1.165) is 18.8 Å². The molecule has 1 saturated heterocycles. The van der Waals surface area contributed by atoms with Crippen molar-refractivity contribution in [2.75, 3.05) is 35.9 Å². The van der Waals surface area contributed by atoms with Crippen LogP contribution in [0.25, 0.3) is 0 Å². The summed E-state index contributed by atoms with van der Waals surface area (Å²) in [6.07, 6.45) is 2.60. The van der Waals surface area contributed by atoms with E-state index in [1.54, 1.807) is 12.1 Å². The summed E-state index contributed by atoms with van der Waals surface area (Å²) in [7, 11) is -3.61. The topological polar surface area (TPSA) is 87.3 Å². The van der Waals surface area contributed by atoms with Crippen molar-refractivity contribution in [3.8, 4) is 0 Å². The lowest BCUT2D eigenvalue weighted by atomic mass is 10.2. The van der Waals surface area contributed by atoms with Crippen LogP contribution in [0.2, 0.25) is 0 Å². The smallest absolute Gasteiger partial charge is 0.278 e. The Labute approximate surface area is 123 Å². The molecule has 3 rings (SSSR count). The summed E-state index contributed by atoms with van der Waals surface area (Å²) in [6, 6.07) is 7.30. The molecule has 0 unspecified atom stereocenters. The molecule has 2 N–H and O–H groups in total. The zero-order valence-corrected chi connectivity index (χ0v) is 12.1. The van der Waals surface area contributed by atoms with E-state index in [9.17, 15) is 8.42 Å². The number of imidazole rings is 1. The van der Waals surface area contributed by atoms with Gasteiger partial charge in [-0.25, -0.2) is 4.98 Å². The predicted molar refractivity (Wildman–Crippen MR) is 78.9 cm³/mol. The molecular formula is C13H16N4O3S. The van der Waals surface area contributed by atoms with Gasteiger partial charge in [0.15, 0.2) is 5.03 Å². The first-order chi connectivity index (χ1) is 10.1. The molecule has 1 aromatic heterocycles. The van der Waals surface area contributed by atoms with E-state index in [2.05, 4.69) is 19.6 Å². The Morgan fingerprint density at radius 2 is 1.90 bits per heavy atom. The Morgan fingerprint density at radius 1 is 1.19 bits per heavy atom. The number of aromatic amines is 1. The number of H-pyrrole nitrogens is 1. The summed E-state index contributed by atoms with van der Waals surface area (Å²) in [4.78, 5) is 8.49. The largest absolute Gasteiger partial charge is 0.378 e. The molecule has 0 aliphatic carbocycles. The van der Waals surface area contributed by atoms with Gasteiger partial charge in [0.1, 0.15) is 0 Å². The van der Waals surface area contributed by atoms with Gasteiger partial charge in [-0.2, -0.15) is 8.42 Å². The number of sulfonamides is 1. The SMILES string of the molecule is O=S(=O)(Nc1ccc(N2CCOCC2)cc1)c1cnc[nH]1. The fourth-order valence-corrected chi connectivity index (χ4v) is 3.13. The first kappa shape index (κ1) is 13.9. The fraction of sp³-hybridized carbons (Fsp3) is 0.308. The molecule has 1 fully saturated rings. The maximum absolute atomic E-state index is 12.0. The summed E-state index contributed by atoms with van der Waals surface area (Å²) in [5.74, 6) is 0. The average molecular weight is 308 g/mol. The van der Waals surface area contributed by atoms with Crippen LogP contribution in [-0.4, -0.2) is 44.7 Å². The van der Waals surface area contributed by atoms with Crippen LogP contribution in [0.4, 0.5) is 11.4 Å². The zero-order chi connectivity index (χ0) is 14.7. The van der Waals surface area contributed by atoms with Gasteiger partial charge >= 0.3 is 0 Å². The van der Waals surface area contributed by atoms with Crippen molar-refractivity contribution in [2.24, 2.45) is 0 Å². The van der Waals surface area contributed by atoms with Crippen LogP contribution < -0.4 is 9.62 Å². The number of nitrogens with zero attached hydrogens (tertiary/aromatic N) is 2. The third-order valence-corrected chi connectivity index (χ3v) is 4.57. The number of nitrogens with one attached hydrogen (secondary N) is 2. The molecule has 1 aliphatic rings. The molecule has 0 spiro atoms. The highest BCUT2D eigenvalue weighted by Crippen LogP contribution is 2.20. The first-order valence-electron chi connectivity index (χ1n) is 6.59. The molecule has 1 aromatic carbocycles. The van der Waals surface area contributed by atoms with Gasteiger partial charge in [-0.05, 0) is 24.3 Å². The van der Waals surface area contributed by atoms with Crippen molar-refractivity contribution in [2.45, 2.75) is 5.03 Å². The van der Waals surface area contributed by atoms with Gasteiger partial charge in [-0.15, -0.1) is 0 Å². The van der Waals surface area contributed by atoms with Crippen molar-refractivity contribution in [3.05, 3.63) is 36.8 Å². The summed E-state index contributed by atoms with van der Waals surface area (Å²) >= 11 is 0. The molecule has 112 valence electrons. The van der Waals surface area contributed by atoms with Crippen LogP contribution in [-0.2, 0) is 14.8 Å². The lowest BCUT2D eigenvalue weighted by molar-refractivity contribution is 0.122. The Bertz CT molecular complexity index is 677. The number of aromatic nitrogens is 2. The van der Waals surface area contributed by atoms with E-state index in [1.165, 1.54) is 12.5 Å². The van der Waals surface area contributed by atoms with Crippen molar-refractivity contribution in [1.29, 1.82) is 0 Å². The summed E-state index contributed by atoms with van der Waals surface area (Å²) in [6.45, 7) is 3.13. The second-order valence-corrected chi connectivity index (χ2v) is 6.32. The second-order valence-electron chi connectivity index (χ2n) is 4.67. The summed E-state index contributed by atoms with van der Waals surface area (Å²) in [5.41, 5.74) is 1.57. The van der Waals surface area contributed by atoms with Gasteiger partial charge in [0.05, 0.1) is 25.7 Å². The normalized spacial score (nSPS) is 15.9. The lowest BCUT2D eigenvalue weighted by Gasteiger charge is -2.28. The van der Waals surface area contributed by atoms with Crippen LogP contribution >= 0.6 is 0 Å². The highest BCUT2D eigenvalue weighted by atomic mass is 32.2. The Kier molecular flexibility index (Phi) is 3.80. The van der Waals surface area contributed by atoms with Crippen molar-refractivity contribution < 1.29 is 13.2 Å². The molecule has 2 heterocycles. The fourth-order valence-electron chi connectivity index (χ4n) is 2.16. The van der Waals surface area contributed by atoms with Crippen LogP contribution in [0.5, 0.6) is 0 Å². The van der Waals surface area contributed by atoms with Gasteiger partial charge in [0.25, 0.3) is 10.0 Å². The Morgan fingerprint density at radius 3 is 2.52 bits per heavy atom. The average Bonchev–Trinajstić information content (AvgIpc) is 3.04. The third kappa shape index (κ3) is 3.17. The zero-order valence-electron chi connectivity index (χ0n) is 11.3. The number of hydrogen-bond acceptors (Lipinski definition) is 5. The standard InChI is InChI=1S/C13H16N4O3S/c18-21(19,13-9-14-10-15-13)16-11-1-3-12(4-2-11)17-5-7-20-8-6-17/h1-4,9-10,16H,5-8H2,(H,14,15). The molecule has 0 bridgehead atoms. The lowest BCUT2D eigenvalue weighted by Crippen LogP contribution is -2.36. The molecule has 2 aromatic rings. The number of benzene rings is 1. The second kappa shape index (κ2) is 5.74. The number of hydrogen-bond donors (Lipinski definition) is 2. The van der Waals surface area contributed by atoms with Crippen molar-refractivity contribution >= 4 is 21.4 Å². The number of rotatable bonds is 4. The number of anilines is 2. The third-order valence-electron chi connectivity index (χ3n) is 3.26. The van der Waals surface area contributed by atoms with Crippen LogP contribution in [0, 0.1) is 0 Å². The van der Waals surface area contributed by atoms with Gasteiger partial charge < -0.3 is 14.6 Å². The van der Waals surface area contributed by atoms with E-state index in [4.69, 9.17) is 4.74 Å². The molecule has 7 nitrogen and oxygen atoms in total. The number of ether oxygens (including phenoxy) is 1. The molecule has 0 saturated carbocycles. The number of morpholine rings is 1. The maximum Gasteiger partial charge on any atom is 0.278 e. The van der Waals surface area contributed by atoms with Crippen molar-refractivity contribution in [3.63, 3.8) is 0 Å². The molecular weight excluding hydrogens is 292 g/mol. The van der Waals surface area contributed by atoms with Gasteiger partial charge in [-0.1, -0.05) is 0 Å². The molecule has 0 atom stereocenters. The van der Waals surface area contributed by atoms with Crippen LogP contribution in [0.1, 0.15) is 0 Å². The van der Waals surface area contributed by atoms with Crippen molar-refractivity contribution in [1.82, 2.24) is 9.97 Å². The molecule has 8 heteroatoms. The monoisotopic (exact) mass is 308 g/mol. The molecule has 21 heavy (non-hydrogen) atoms. The van der Waals surface area contributed by atoms with Gasteiger partial charge in [0.2, 0.25) is 0 Å². The first-order valence-corrected chi connectivity index (χ1v) is 8.07. The minimum atomic E-state index is -3.61. The molecule has 0 radical (unpaired) electrons. The van der Waals surface area contributed by atoms with Gasteiger partial charge in [-0.3, -0.25) is 4.72 Å². The minimum Gasteiger partial charge on any atom is -0.378 e. The molecule has 0 amide bonds. The predicted octanol–water partition coefficient (Wildman–Crippen LogP) is 1.05. The van der Waals surface area contributed by atoms with Crippen LogP contribution in [0.15, 0.2) is 41.8 Å². The summed E-state index contributed by atoms with van der Waals surface area (Å²) < 4.78 is 31.9. The minimum absolute atomic E-state index is 0.0414.